The van der Waals surface area contributed by atoms with E-state index >= 15 is 0 Å². The Labute approximate surface area is 69.4 Å². The molecule has 0 saturated heterocycles. The summed E-state index contributed by atoms with van der Waals surface area (Å²) in [5.74, 6) is 0. The van der Waals surface area contributed by atoms with Gasteiger partial charge in [0.15, 0.2) is 0 Å². The minimum Gasteiger partial charge on any atom is -0.258 e. The van der Waals surface area contributed by atoms with Crippen LogP contribution in [0.25, 0.3) is 4.85 Å². The van der Waals surface area contributed by atoms with Crippen LogP contribution in [0.5, 0.6) is 0 Å². The van der Waals surface area contributed by atoms with Gasteiger partial charge in [0.2, 0.25) is 0 Å². The van der Waals surface area contributed by atoms with Gasteiger partial charge >= 0.3 is 0 Å². The molecule has 0 spiro atoms. The van der Waals surface area contributed by atoms with Crippen molar-refractivity contribution in [2.24, 2.45) is 0 Å². The smallest absolute Gasteiger partial charge is 0.258 e. The minimum absolute atomic E-state index is 0.0659. The molecule has 0 bridgehead atoms. The molecule has 0 aromatic heterocycles. The Morgan fingerprint density at radius 2 is 2.33 bits per heavy atom. The van der Waals surface area contributed by atoms with E-state index in [1.807, 2.05) is 0 Å². The molecule has 1 aromatic rings. The van der Waals surface area contributed by atoms with Crippen LogP contribution >= 0.6 is 0 Å². The quantitative estimate of drug-likeness (QED) is 0.494. The second-order valence-corrected chi connectivity index (χ2v) is 2.27. The number of hydrogen-bond acceptors (Lipinski definition) is 2. The number of hydrogen-bond donors (Lipinski definition) is 0. The molecule has 0 atom stereocenters. The average molecular weight is 163 g/mol. The zero-order valence-corrected chi connectivity index (χ0v) is 6.30. The summed E-state index contributed by atoms with van der Waals surface area (Å²) in [5.41, 5.74) is 0.808. The number of nitro groups is 1. The lowest BCUT2D eigenvalue weighted by atomic mass is 10.2. The van der Waals surface area contributed by atoms with E-state index in [9.17, 15) is 10.1 Å². The Morgan fingerprint density at radius 1 is 1.58 bits per heavy atom. The van der Waals surface area contributed by atoms with Gasteiger partial charge in [0, 0.05) is 17.7 Å². The molecular formula is C8H7N2O2+. The summed E-state index contributed by atoms with van der Waals surface area (Å²) < 4.78 is 0. The molecule has 0 fully saturated rings. The molecule has 0 unspecified atom stereocenters. The maximum Gasteiger partial charge on any atom is 0.288 e. The second-order valence-electron chi connectivity index (χ2n) is 2.27. The minimum atomic E-state index is -0.444. The van der Waals surface area contributed by atoms with Crippen molar-refractivity contribution < 1.29 is 4.92 Å². The summed E-state index contributed by atoms with van der Waals surface area (Å²) in [5, 5.41) is 10.3. The summed E-state index contributed by atoms with van der Waals surface area (Å²) in [6, 6.07) is 6.23. The molecule has 12 heavy (non-hydrogen) atoms. The van der Waals surface area contributed by atoms with Crippen LogP contribution < -0.4 is 0 Å². The first kappa shape index (κ1) is 8.21. The van der Waals surface area contributed by atoms with Gasteiger partial charge in [0.1, 0.15) is 0 Å². The highest BCUT2D eigenvalue weighted by Crippen LogP contribution is 2.13. The maximum atomic E-state index is 10.3. The first-order chi connectivity index (χ1) is 5.74. The molecular weight excluding hydrogens is 156 g/mol. The molecule has 0 aliphatic rings. The highest BCUT2D eigenvalue weighted by Gasteiger charge is 2.06. The van der Waals surface area contributed by atoms with Crippen molar-refractivity contribution in [3.8, 4) is 6.57 Å². The second kappa shape index (κ2) is 3.49. The van der Waals surface area contributed by atoms with Crippen LogP contribution in [-0.2, 0) is 6.54 Å². The largest absolute Gasteiger partial charge is 0.288 e. The summed E-state index contributed by atoms with van der Waals surface area (Å²) >= 11 is 0. The van der Waals surface area contributed by atoms with Gasteiger partial charge in [0.05, 0.1) is 4.92 Å². The van der Waals surface area contributed by atoms with Crippen LogP contribution in [0.1, 0.15) is 5.56 Å². The molecule has 0 heterocycles. The molecule has 1 aromatic carbocycles. The van der Waals surface area contributed by atoms with E-state index < -0.39 is 4.92 Å². The monoisotopic (exact) mass is 163 g/mol. The molecule has 0 amide bonds. The maximum absolute atomic E-state index is 10.3. The van der Waals surface area contributed by atoms with Crippen LogP contribution in [0, 0.1) is 16.7 Å². The summed E-state index contributed by atoms with van der Waals surface area (Å²) in [4.78, 5) is 13.2. The molecule has 1 rings (SSSR count). The third kappa shape index (κ3) is 1.80. The van der Waals surface area contributed by atoms with E-state index in [0.29, 0.717) is 6.54 Å². The standard InChI is InChI=1S/C8H7N2O2/c1-9-6-7-3-2-4-8(5-7)10(11)12/h1-5H,6H2/q+1. The molecule has 0 N–H and O–H groups in total. The van der Waals surface area contributed by atoms with Gasteiger partial charge in [-0.2, -0.15) is 0 Å². The predicted octanol–water partition coefficient (Wildman–Crippen LogP) is 2.06. The number of nitrogens with zero attached hydrogens (tertiary/aromatic N) is 2. The Morgan fingerprint density at radius 3 is 2.92 bits per heavy atom. The molecule has 60 valence electrons. The van der Waals surface area contributed by atoms with E-state index in [4.69, 9.17) is 6.57 Å². The van der Waals surface area contributed by atoms with Crippen LogP contribution in [0.4, 0.5) is 5.69 Å². The van der Waals surface area contributed by atoms with Gasteiger partial charge in [-0.1, -0.05) is 17.0 Å². The number of benzene rings is 1. The fourth-order valence-corrected chi connectivity index (χ4v) is 0.874. The van der Waals surface area contributed by atoms with Gasteiger partial charge in [-0.25, -0.2) is 0 Å². The Bertz CT molecular complexity index is 341. The lowest BCUT2D eigenvalue weighted by Gasteiger charge is -1.90. The zero-order chi connectivity index (χ0) is 8.97. The molecule has 0 saturated carbocycles. The highest BCUT2D eigenvalue weighted by atomic mass is 16.6. The summed E-state index contributed by atoms with van der Waals surface area (Å²) in [6.07, 6.45) is 0. The summed E-state index contributed by atoms with van der Waals surface area (Å²) in [6.45, 7) is 5.25. The molecule has 0 aliphatic carbocycles. The van der Waals surface area contributed by atoms with Gasteiger partial charge in [-0.15, -0.1) is 0 Å². The Balaban J connectivity index is 2.97. The van der Waals surface area contributed by atoms with E-state index in [0.717, 1.165) is 5.56 Å². The zero-order valence-electron chi connectivity index (χ0n) is 6.30. The highest BCUT2D eigenvalue weighted by molar-refractivity contribution is 5.34. The van der Waals surface area contributed by atoms with Crippen molar-refractivity contribution >= 4 is 5.69 Å². The van der Waals surface area contributed by atoms with Crippen LogP contribution in [0.15, 0.2) is 24.3 Å². The predicted molar refractivity (Wildman–Crippen MR) is 45.1 cm³/mol. The van der Waals surface area contributed by atoms with E-state index in [-0.39, 0.29) is 5.69 Å². The number of non-ortho nitro benzene ring substituents is 1. The molecule has 0 aliphatic heterocycles. The number of nitro benzene ring substituents is 1. The Hall–Kier alpha value is -1.89. The van der Waals surface area contributed by atoms with Gasteiger partial charge in [-0.3, -0.25) is 10.1 Å². The van der Waals surface area contributed by atoms with Crippen molar-refractivity contribution in [2.45, 2.75) is 6.54 Å². The fraction of sp³-hybridized carbons (Fsp3) is 0.125. The van der Waals surface area contributed by atoms with Gasteiger partial charge in [-0.05, 0) is 0 Å². The van der Waals surface area contributed by atoms with Crippen molar-refractivity contribution in [3.63, 3.8) is 0 Å². The van der Waals surface area contributed by atoms with Crippen molar-refractivity contribution in [3.05, 3.63) is 44.8 Å². The third-order valence-electron chi connectivity index (χ3n) is 1.40. The SMILES string of the molecule is C#[N+]Cc1cccc([N+](=O)[O-])c1. The van der Waals surface area contributed by atoms with Crippen molar-refractivity contribution in [2.75, 3.05) is 0 Å². The van der Waals surface area contributed by atoms with E-state index in [1.165, 1.54) is 12.1 Å². The lowest BCUT2D eigenvalue weighted by Crippen LogP contribution is -1.88. The van der Waals surface area contributed by atoms with E-state index in [2.05, 4.69) is 4.85 Å². The van der Waals surface area contributed by atoms with E-state index in [1.54, 1.807) is 12.1 Å². The fourth-order valence-electron chi connectivity index (χ4n) is 0.874. The van der Waals surface area contributed by atoms with Crippen LogP contribution in [-0.4, -0.2) is 4.92 Å². The topological polar surface area (TPSA) is 47.5 Å². The molecule has 0 radical (unpaired) electrons. The van der Waals surface area contributed by atoms with Crippen LogP contribution in [0.3, 0.4) is 0 Å². The van der Waals surface area contributed by atoms with Gasteiger partial charge < -0.3 is 0 Å². The van der Waals surface area contributed by atoms with Crippen molar-refractivity contribution in [1.82, 2.24) is 0 Å². The Kier molecular flexibility index (Phi) is 2.38. The molecule has 4 nitrogen and oxygen atoms in total. The normalized spacial score (nSPS) is 8.92. The summed E-state index contributed by atoms with van der Waals surface area (Å²) in [7, 11) is 0. The lowest BCUT2D eigenvalue weighted by molar-refractivity contribution is -0.384. The van der Waals surface area contributed by atoms with Gasteiger partial charge in [0.25, 0.3) is 18.8 Å². The first-order valence-corrected chi connectivity index (χ1v) is 3.34. The average Bonchev–Trinajstić information content (AvgIpc) is 2.05. The number of rotatable bonds is 2. The first-order valence-electron chi connectivity index (χ1n) is 3.34. The third-order valence-corrected chi connectivity index (χ3v) is 1.40. The van der Waals surface area contributed by atoms with Crippen LogP contribution in [0.2, 0.25) is 0 Å². The van der Waals surface area contributed by atoms with Crippen molar-refractivity contribution in [1.29, 1.82) is 0 Å². The molecule has 4 heteroatoms.